The predicted molar refractivity (Wildman–Crippen MR) is 103 cm³/mol. The normalized spacial score (nSPS) is 10.5. The van der Waals surface area contributed by atoms with Gasteiger partial charge in [-0.25, -0.2) is 0 Å². The smallest absolute Gasteiger partial charge is 0.193 e. The zero-order valence-electron chi connectivity index (χ0n) is 14.1. The molecule has 2 aromatic carbocycles. The van der Waals surface area contributed by atoms with Crippen molar-refractivity contribution in [3.05, 3.63) is 65.7 Å². The Kier molecular flexibility index (Phi) is 8.47. The minimum Gasteiger partial charge on any atom is -0.494 e. The van der Waals surface area contributed by atoms with Gasteiger partial charge in [-0.2, -0.15) is 12.6 Å². The van der Waals surface area contributed by atoms with Crippen molar-refractivity contribution >= 4 is 18.4 Å². The molecule has 0 aromatic heterocycles. The van der Waals surface area contributed by atoms with Crippen molar-refractivity contribution in [3.63, 3.8) is 0 Å². The first-order chi connectivity index (χ1) is 11.8. The maximum Gasteiger partial charge on any atom is 0.193 e. The first-order valence-corrected chi connectivity index (χ1v) is 9.38. The minimum atomic E-state index is 0.0326. The lowest BCUT2D eigenvalue weighted by Crippen LogP contribution is -2.02. The van der Waals surface area contributed by atoms with Crippen LogP contribution in [0.3, 0.4) is 0 Å². The Morgan fingerprint density at radius 2 is 1.46 bits per heavy atom. The van der Waals surface area contributed by atoms with Crippen LogP contribution in [-0.2, 0) is 0 Å². The summed E-state index contributed by atoms with van der Waals surface area (Å²) in [7, 11) is 0. The molecule has 0 saturated heterocycles. The van der Waals surface area contributed by atoms with Gasteiger partial charge in [0.15, 0.2) is 5.78 Å². The zero-order chi connectivity index (χ0) is 17.0. The molecule has 0 spiro atoms. The van der Waals surface area contributed by atoms with E-state index in [-0.39, 0.29) is 5.78 Å². The Morgan fingerprint density at radius 1 is 0.792 bits per heavy atom. The summed E-state index contributed by atoms with van der Waals surface area (Å²) >= 11 is 4.22. The summed E-state index contributed by atoms with van der Waals surface area (Å²) in [6.07, 6.45) is 7.26. The van der Waals surface area contributed by atoms with Gasteiger partial charge in [0.05, 0.1) is 6.61 Å². The van der Waals surface area contributed by atoms with E-state index in [9.17, 15) is 4.79 Å². The van der Waals surface area contributed by atoms with Crippen molar-refractivity contribution in [2.24, 2.45) is 0 Å². The van der Waals surface area contributed by atoms with Crippen LogP contribution in [-0.4, -0.2) is 18.1 Å². The van der Waals surface area contributed by atoms with Crippen LogP contribution in [0.4, 0.5) is 0 Å². The molecule has 24 heavy (non-hydrogen) atoms. The van der Waals surface area contributed by atoms with E-state index in [1.165, 1.54) is 32.1 Å². The zero-order valence-corrected chi connectivity index (χ0v) is 15.0. The van der Waals surface area contributed by atoms with E-state index in [1.54, 1.807) is 0 Å². The Morgan fingerprint density at radius 3 is 2.21 bits per heavy atom. The number of unbranched alkanes of at least 4 members (excludes halogenated alkanes) is 5. The summed E-state index contributed by atoms with van der Waals surface area (Å²) in [4.78, 5) is 12.4. The number of ketones is 1. The van der Waals surface area contributed by atoms with Crippen molar-refractivity contribution in [1.29, 1.82) is 0 Å². The van der Waals surface area contributed by atoms with Gasteiger partial charge >= 0.3 is 0 Å². The van der Waals surface area contributed by atoms with Crippen molar-refractivity contribution < 1.29 is 9.53 Å². The summed E-state index contributed by atoms with van der Waals surface area (Å²) in [5.41, 5.74) is 1.38. The van der Waals surface area contributed by atoms with Gasteiger partial charge in [0.1, 0.15) is 5.75 Å². The molecule has 0 heterocycles. The van der Waals surface area contributed by atoms with Crippen molar-refractivity contribution in [2.45, 2.75) is 38.5 Å². The van der Waals surface area contributed by atoms with Crippen LogP contribution >= 0.6 is 12.6 Å². The van der Waals surface area contributed by atoms with Crippen molar-refractivity contribution in [3.8, 4) is 5.75 Å². The maximum atomic E-state index is 12.4. The van der Waals surface area contributed by atoms with Gasteiger partial charge in [0, 0.05) is 11.1 Å². The lowest BCUT2D eigenvalue weighted by Gasteiger charge is -2.08. The highest BCUT2D eigenvalue weighted by Crippen LogP contribution is 2.17. The molecular formula is C21H26O2S. The van der Waals surface area contributed by atoms with Crippen LogP contribution in [0.15, 0.2) is 54.6 Å². The standard InChI is InChI=1S/C21H26O2S/c22-21(18-11-6-5-7-12-18)19-13-10-14-20(17-19)23-15-8-3-1-2-4-9-16-24/h5-7,10-14,17,24H,1-4,8-9,15-16H2. The SMILES string of the molecule is O=C(c1ccccc1)c1cccc(OCCCCCCCCS)c1. The molecule has 3 heteroatoms. The largest absolute Gasteiger partial charge is 0.494 e. The lowest BCUT2D eigenvalue weighted by molar-refractivity contribution is 0.103. The molecule has 0 aliphatic heterocycles. The predicted octanol–water partition coefficient (Wildman–Crippen LogP) is 5.57. The molecule has 2 rings (SSSR count). The lowest BCUT2D eigenvalue weighted by atomic mass is 10.0. The first-order valence-electron chi connectivity index (χ1n) is 8.75. The second-order valence-electron chi connectivity index (χ2n) is 5.92. The van der Waals surface area contributed by atoms with Crippen LogP contribution in [0.25, 0.3) is 0 Å². The molecule has 0 aliphatic rings. The highest BCUT2D eigenvalue weighted by molar-refractivity contribution is 7.80. The van der Waals surface area contributed by atoms with E-state index in [0.717, 1.165) is 17.9 Å². The number of carbonyl (C=O) groups is 1. The Hall–Kier alpha value is -1.74. The number of hydrogen-bond acceptors (Lipinski definition) is 3. The van der Waals surface area contributed by atoms with Crippen LogP contribution in [0.1, 0.15) is 54.4 Å². The summed E-state index contributed by atoms with van der Waals surface area (Å²) in [5, 5.41) is 0. The second kappa shape index (κ2) is 10.9. The van der Waals surface area contributed by atoms with E-state index in [0.29, 0.717) is 17.7 Å². The topological polar surface area (TPSA) is 26.3 Å². The van der Waals surface area contributed by atoms with Crippen LogP contribution in [0.2, 0.25) is 0 Å². The average molecular weight is 343 g/mol. The molecule has 0 radical (unpaired) electrons. The molecule has 2 nitrogen and oxygen atoms in total. The molecule has 0 unspecified atom stereocenters. The van der Waals surface area contributed by atoms with E-state index in [4.69, 9.17) is 4.74 Å². The summed E-state index contributed by atoms with van der Waals surface area (Å²) in [6.45, 7) is 0.704. The van der Waals surface area contributed by atoms with Gasteiger partial charge in [-0.05, 0) is 30.7 Å². The second-order valence-corrected chi connectivity index (χ2v) is 6.36. The molecule has 128 valence electrons. The van der Waals surface area contributed by atoms with Gasteiger partial charge in [-0.15, -0.1) is 0 Å². The first kappa shape index (κ1) is 18.6. The quantitative estimate of drug-likeness (QED) is 0.328. The van der Waals surface area contributed by atoms with E-state index in [1.807, 2.05) is 54.6 Å². The molecule has 0 aliphatic carbocycles. The van der Waals surface area contributed by atoms with Crippen LogP contribution in [0.5, 0.6) is 5.75 Å². The van der Waals surface area contributed by atoms with E-state index >= 15 is 0 Å². The minimum absolute atomic E-state index is 0.0326. The number of thiol groups is 1. The van der Waals surface area contributed by atoms with Gasteiger partial charge in [-0.1, -0.05) is 68.1 Å². The molecular weight excluding hydrogens is 316 g/mol. The summed E-state index contributed by atoms with van der Waals surface area (Å²) < 4.78 is 5.80. The molecule has 0 bridgehead atoms. The third-order valence-electron chi connectivity index (χ3n) is 3.95. The molecule has 0 saturated carbocycles. The van der Waals surface area contributed by atoms with Crippen LogP contribution < -0.4 is 4.74 Å². The van der Waals surface area contributed by atoms with E-state index in [2.05, 4.69) is 12.6 Å². The number of benzene rings is 2. The third-order valence-corrected chi connectivity index (χ3v) is 4.27. The average Bonchev–Trinajstić information content (AvgIpc) is 2.64. The number of rotatable bonds is 11. The molecule has 0 N–H and O–H groups in total. The van der Waals surface area contributed by atoms with E-state index < -0.39 is 0 Å². The highest BCUT2D eigenvalue weighted by Gasteiger charge is 2.09. The fraction of sp³-hybridized carbons (Fsp3) is 0.381. The van der Waals surface area contributed by atoms with Crippen molar-refractivity contribution in [1.82, 2.24) is 0 Å². The van der Waals surface area contributed by atoms with Crippen molar-refractivity contribution in [2.75, 3.05) is 12.4 Å². The number of hydrogen-bond donors (Lipinski definition) is 1. The van der Waals surface area contributed by atoms with Gasteiger partial charge in [0.25, 0.3) is 0 Å². The van der Waals surface area contributed by atoms with Gasteiger partial charge in [-0.3, -0.25) is 4.79 Å². The Labute approximate surface area is 150 Å². The number of ether oxygens (including phenoxy) is 1. The number of carbonyl (C=O) groups excluding carboxylic acids is 1. The summed E-state index contributed by atoms with van der Waals surface area (Å²) in [6, 6.07) is 16.8. The Bertz CT molecular complexity index is 610. The molecule has 0 atom stereocenters. The molecule has 2 aromatic rings. The fourth-order valence-corrected chi connectivity index (χ4v) is 2.82. The maximum absolute atomic E-state index is 12.4. The monoisotopic (exact) mass is 342 g/mol. The molecule has 0 fully saturated rings. The fourth-order valence-electron chi connectivity index (χ4n) is 2.59. The highest BCUT2D eigenvalue weighted by atomic mass is 32.1. The third kappa shape index (κ3) is 6.40. The Balaban J connectivity index is 1.76. The van der Waals surface area contributed by atoms with Gasteiger partial charge in [0.2, 0.25) is 0 Å². The van der Waals surface area contributed by atoms with Crippen LogP contribution in [0, 0.1) is 0 Å². The molecule has 0 amide bonds. The van der Waals surface area contributed by atoms with Gasteiger partial charge < -0.3 is 4.74 Å². The summed E-state index contributed by atoms with van der Waals surface area (Å²) in [5.74, 6) is 1.79.